The number of hydrogen-bond donors (Lipinski definition) is 0. The first-order chi connectivity index (χ1) is 10.7. The van der Waals surface area contributed by atoms with Crippen LogP contribution in [0.25, 0.3) is 11.1 Å². The fourth-order valence-electron chi connectivity index (χ4n) is 3.59. The van der Waals surface area contributed by atoms with Crippen LogP contribution in [-0.2, 0) is 0 Å². The van der Waals surface area contributed by atoms with Crippen LogP contribution in [0, 0.1) is 6.92 Å². The zero-order valence-corrected chi connectivity index (χ0v) is 12.8. The number of fused-ring (bicyclic) bond motifs is 2. The summed E-state index contributed by atoms with van der Waals surface area (Å²) in [6.45, 7) is 5.66. The number of piperidine rings is 1. The first-order valence-electron chi connectivity index (χ1n) is 7.98. The van der Waals surface area contributed by atoms with Gasteiger partial charge in [0.1, 0.15) is 0 Å². The van der Waals surface area contributed by atoms with Crippen molar-refractivity contribution in [3.05, 3.63) is 23.5 Å². The van der Waals surface area contributed by atoms with Crippen LogP contribution < -0.4 is 0 Å². The highest BCUT2D eigenvalue weighted by Gasteiger charge is 2.31. The SMILES string of the molecule is Cc1noc2ncc(C(=O)N3CCN4CCCC[C@H]4C3)cc12. The molecule has 6 heteroatoms. The third kappa shape index (κ3) is 2.27. The van der Waals surface area contributed by atoms with Gasteiger partial charge in [0.05, 0.1) is 16.6 Å². The van der Waals surface area contributed by atoms with Crippen LogP contribution in [0.3, 0.4) is 0 Å². The number of carbonyl (C=O) groups excluding carboxylic acids is 1. The molecule has 2 fully saturated rings. The molecule has 0 unspecified atom stereocenters. The Morgan fingerprint density at radius 3 is 3.14 bits per heavy atom. The Kier molecular flexibility index (Phi) is 3.33. The van der Waals surface area contributed by atoms with Gasteiger partial charge in [0.15, 0.2) is 0 Å². The topological polar surface area (TPSA) is 62.5 Å². The van der Waals surface area contributed by atoms with Crippen LogP contribution in [-0.4, -0.2) is 58.1 Å². The van der Waals surface area contributed by atoms with Gasteiger partial charge in [-0.3, -0.25) is 9.69 Å². The lowest BCUT2D eigenvalue weighted by Gasteiger charge is -2.44. The van der Waals surface area contributed by atoms with Gasteiger partial charge in [0.2, 0.25) is 0 Å². The number of carbonyl (C=O) groups is 1. The molecular weight excluding hydrogens is 280 g/mol. The van der Waals surface area contributed by atoms with Crippen molar-refractivity contribution in [2.24, 2.45) is 0 Å². The van der Waals surface area contributed by atoms with E-state index >= 15 is 0 Å². The second-order valence-corrected chi connectivity index (χ2v) is 6.28. The lowest BCUT2D eigenvalue weighted by Crippen LogP contribution is -2.56. The van der Waals surface area contributed by atoms with Crippen molar-refractivity contribution in [2.75, 3.05) is 26.2 Å². The number of hydrogen-bond acceptors (Lipinski definition) is 5. The van der Waals surface area contributed by atoms with Gasteiger partial charge in [-0.1, -0.05) is 11.6 Å². The van der Waals surface area contributed by atoms with Crippen molar-refractivity contribution in [1.82, 2.24) is 19.9 Å². The van der Waals surface area contributed by atoms with Gasteiger partial charge in [-0.15, -0.1) is 0 Å². The van der Waals surface area contributed by atoms with Crippen LogP contribution in [0.2, 0.25) is 0 Å². The van der Waals surface area contributed by atoms with Gasteiger partial charge in [-0.05, 0) is 32.4 Å². The highest BCUT2D eigenvalue weighted by molar-refractivity contribution is 5.97. The van der Waals surface area contributed by atoms with Crippen LogP contribution in [0.15, 0.2) is 16.8 Å². The molecule has 116 valence electrons. The molecule has 2 aliphatic rings. The van der Waals surface area contributed by atoms with Gasteiger partial charge in [-0.2, -0.15) is 0 Å². The molecule has 2 saturated heterocycles. The Morgan fingerprint density at radius 2 is 2.23 bits per heavy atom. The smallest absolute Gasteiger partial charge is 0.257 e. The van der Waals surface area contributed by atoms with E-state index in [2.05, 4.69) is 15.0 Å². The summed E-state index contributed by atoms with van der Waals surface area (Å²) in [5.41, 5.74) is 1.89. The van der Waals surface area contributed by atoms with E-state index < -0.39 is 0 Å². The van der Waals surface area contributed by atoms with Crippen molar-refractivity contribution in [1.29, 1.82) is 0 Å². The van der Waals surface area contributed by atoms with Crippen LogP contribution in [0.1, 0.15) is 35.3 Å². The summed E-state index contributed by atoms with van der Waals surface area (Å²) in [7, 11) is 0. The van der Waals surface area contributed by atoms with E-state index in [1.165, 1.54) is 25.8 Å². The van der Waals surface area contributed by atoms with E-state index in [1.54, 1.807) is 6.20 Å². The molecule has 0 spiro atoms. The van der Waals surface area contributed by atoms with Gasteiger partial charge >= 0.3 is 0 Å². The van der Waals surface area contributed by atoms with Crippen LogP contribution in [0.4, 0.5) is 0 Å². The molecule has 0 radical (unpaired) electrons. The molecule has 2 aliphatic heterocycles. The molecule has 0 saturated carbocycles. The van der Waals surface area contributed by atoms with Gasteiger partial charge in [-0.25, -0.2) is 4.98 Å². The molecule has 2 aromatic rings. The Morgan fingerprint density at radius 1 is 1.32 bits per heavy atom. The molecule has 4 heterocycles. The quantitative estimate of drug-likeness (QED) is 0.804. The molecule has 4 rings (SSSR count). The zero-order chi connectivity index (χ0) is 15.1. The van der Waals surface area contributed by atoms with Gasteiger partial charge < -0.3 is 9.42 Å². The summed E-state index contributed by atoms with van der Waals surface area (Å²) in [5.74, 6) is 0.0697. The third-order valence-electron chi connectivity index (χ3n) is 4.88. The summed E-state index contributed by atoms with van der Waals surface area (Å²) >= 11 is 0. The standard InChI is InChI=1S/C16H20N4O2/c1-11-14-8-12(9-17-15(14)22-18-11)16(21)20-7-6-19-5-3-2-4-13(19)10-20/h8-9,13H,2-7,10H2,1H3/t13-/m0/s1. The highest BCUT2D eigenvalue weighted by atomic mass is 16.5. The number of nitrogens with zero attached hydrogens (tertiary/aromatic N) is 4. The molecule has 0 N–H and O–H groups in total. The molecule has 6 nitrogen and oxygen atoms in total. The van der Waals surface area contributed by atoms with E-state index in [4.69, 9.17) is 4.52 Å². The molecular formula is C16H20N4O2. The molecule has 1 atom stereocenters. The van der Waals surface area contributed by atoms with Crippen molar-refractivity contribution in [3.63, 3.8) is 0 Å². The van der Waals surface area contributed by atoms with E-state index in [0.717, 1.165) is 30.7 Å². The van der Waals surface area contributed by atoms with Crippen LogP contribution in [0.5, 0.6) is 0 Å². The number of aromatic nitrogens is 2. The minimum absolute atomic E-state index is 0.0697. The summed E-state index contributed by atoms with van der Waals surface area (Å²) in [6, 6.07) is 2.38. The lowest BCUT2D eigenvalue weighted by molar-refractivity contribution is 0.0372. The monoisotopic (exact) mass is 300 g/mol. The molecule has 0 aromatic carbocycles. The maximum atomic E-state index is 12.8. The average Bonchev–Trinajstić information content (AvgIpc) is 2.94. The van der Waals surface area contributed by atoms with Crippen LogP contribution >= 0.6 is 0 Å². The predicted molar refractivity (Wildman–Crippen MR) is 81.7 cm³/mol. The Labute approximate surface area is 129 Å². The van der Waals surface area contributed by atoms with Gasteiger partial charge in [0.25, 0.3) is 11.6 Å². The van der Waals surface area contributed by atoms with E-state index in [9.17, 15) is 4.79 Å². The highest BCUT2D eigenvalue weighted by Crippen LogP contribution is 2.23. The Balaban J connectivity index is 1.56. The van der Waals surface area contributed by atoms with Crippen molar-refractivity contribution in [2.45, 2.75) is 32.2 Å². The fourth-order valence-corrected chi connectivity index (χ4v) is 3.59. The molecule has 0 aliphatic carbocycles. The third-order valence-corrected chi connectivity index (χ3v) is 4.88. The maximum absolute atomic E-state index is 12.8. The summed E-state index contributed by atoms with van der Waals surface area (Å²) in [6.07, 6.45) is 5.36. The summed E-state index contributed by atoms with van der Waals surface area (Å²) in [4.78, 5) is 21.5. The van der Waals surface area contributed by atoms with E-state index in [-0.39, 0.29) is 5.91 Å². The second-order valence-electron chi connectivity index (χ2n) is 6.28. The van der Waals surface area contributed by atoms with E-state index in [0.29, 0.717) is 17.3 Å². The van der Waals surface area contributed by atoms with Crippen molar-refractivity contribution < 1.29 is 9.32 Å². The second kappa shape index (κ2) is 5.35. The minimum atomic E-state index is 0.0697. The summed E-state index contributed by atoms with van der Waals surface area (Å²) in [5, 5.41) is 4.72. The normalized spacial score (nSPS) is 22.8. The first kappa shape index (κ1) is 13.7. The van der Waals surface area contributed by atoms with Crippen molar-refractivity contribution >= 4 is 17.0 Å². The Hall–Kier alpha value is -1.95. The number of aryl methyl sites for hydroxylation is 1. The number of rotatable bonds is 1. The lowest BCUT2D eigenvalue weighted by atomic mass is 9.99. The number of piperazine rings is 1. The number of pyridine rings is 1. The minimum Gasteiger partial charge on any atom is -0.336 e. The Bertz CT molecular complexity index is 711. The summed E-state index contributed by atoms with van der Waals surface area (Å²) < 4.78 is 5.11. The maximum Gasteiger partial charge on any atom is 0.257 e. The van der Waals surface area contributed by atoms with Crippen molar-refractivity contribution in [3.8, 4) is 0 Å². The zero-order valence-electron chi connectivity index (χ0n) is 12.8. The number of amides is 1. The van der Waals surface area contributed by atoms with Gasteiger partial charge in [0, 0.05) is 31.9 Å². The molecule has 0 bridgehead atoms. The molecule has 22 heavy (non-hydrogen) atoms. The molecule has 2 aromatic heterocycles. The molecule has 1 amide bonds. The first-order valence-corrected chi connectivity index (χ1v) is 7.98. The fraction of sp³-hybridized carbons (Fsp3) is 0.562. The largest absolute Gasteiger partial charge is 0.336 e. The average molecular weight is 300 g/mol. The van der Waals surface area contributed by atoms with E-state index in [1.807, 2.05) is 17.9 Å². The predicted octanol–water partition coefficient (Wildman–Crippen LogP) is 1.84.